The molecule has 0 saturated carbocycles. The molecule has 9 heteroatoms. The number of rotatable bonds is 10. The first-order valence-electron chi connectivity index (χ1n) is 11.1. The normalized spacial score (nSPS) is 11.8. The Hall–Kier alpha value is -3.04. The standard InChI is InChI=1S/C25H28BrFN4O3/c1-31(24(32)11-9-17-5-2-3-7-22(17)26)21(6-4-12-28)16-34-25(33)30-23-14-19-13-20(27)10-8-18(19)15-29-23/h2-3,5,7-8,10,13-15,21H,4,6,9,11-12,16,28H2,1H3,(H,29,30,33)/t21-/m0/s1. The van der Waals surface area contributed by atoms with Crippen LogP contribution in [0.5, 0.6) is 0 Å². The van der Waals surface area contributed by atoms with Gasteiger partial charge in [-0.2, -0.15) is 0 Å². The lowest BCUT2D eigenvalue weighted by molar-refractivity contribution is -0.132. The Morgan fingerprint density at radius 1 is 1.21 bits per heavy atom. The lowest BCUT2D eigenvalue weighted by Crippen LogP contribution is -2.41. The van der Waals surface area contributed by atoms with Crippen molar-refractivity contribution in [2.45, 2.75) is 31.7 Å². The number of pyridine rings is 1. The fourth-order valence-electron chi connectivity index (χ4n) is 3.56. The third kappa shape index (κ3) is 7.23. The van der Waals surface area contributed by atoms with Gasteiger partial charge < -0.3 is 15.4 Å². The molecule has 0 aliphatic heterocycles. The van der Waals surface area contributed by atoms with E-state index in [2.05, 4.69) is 26.2 Å². The largest absolute Gasteiger partial charge is 0.447 e. The summed E-state index contributed by atoms with van der Waals surface area (Å²) in [6.07, 6.45) is 3.08. The Morgan fingerprint density at radius 2 is 2.00 bits per heavy atom. The zero-order valence-electron chi connectivity index (χ0n) is 19.0. The summed E-state index contributed by atoms with van der Waals surface area (Å²) < 4.78 is 19.8. The van der Waals surface area contributed by atoms with Gasteiger partial charge in [-0.1, -0.05) is 34.1 Å². The number of anilines is 1. The van der Waals surface area contributed by atoms with Crippen molar-refractivity contribution in [3.05, 3.63) is 70.6 Å². The van der Waals surface area contributed by atoms with Gasteiger partial charge in [0.05, 0.1) is 6.04 Å². The summed E-state index contributed by atoms with van der Waals surface area (Å²) in [5, 5.41) is 3.92. The van der Waals surface area contributed by atoms with Gasteiger partial charge in [0.15, 0.2) is 0 Å². The molecule has 2 amide bonds. The van der Waals surface area contributed by atoms with Crippen LogP contribution in [0.4, 0.5) is 15.0 Å². The Kier molecular flexibility index (Phi) is 9.35. The van der Waals surface area contributed by atoms with E-state index in [1.54, 1.807) is 30.3 Å². The van der Waals surface area contributed by atoms with Crippen molar-refractivity contribution < 1.29 is 18.7 Å². The van der Waals surface area contributed by atoms with Crippen molar-refractivity contribution in [2.24, 2.45) is 5.73 Å². The lowest BCUT2D eigenvalue weighted by Gasteiger charge is -2.28. The van der Waals surface area contributed by atoms with E-state index < -0.39 is 6.09 Å². The zero-order valence-corrected chi connectivity index (χ0v) is 20.6. The second-order valence-corrected chi connectivity index (χ2v) is 8.82. The first-order chi connectivity index (χ1) is 16.4. The van der Waals surface area contributed by atoms with Crippen molar-refractivity contribution in [1.29, 1.82) is 0 Å². The van der Waals surface area contributed by atoms with E-state index in [9.17, 15) is 14.0 Å². The summed E-state index contributed by atoms with van der Waals surface area (Å²) in [5.41, 5.74) is 6.71. The molecule has 0 saturated heterocycles. The van der Waals surface area contributed by atoms with Gasteiger partial charge >= 0.3 is 6.09 Å². The van der Waals surface area contributed by atoms with Gasteiger partial charge in [0.1, 0.15) is 18.2 Å². The average Bonchev–Trinajstić information content (AvgIpc) is 2.82. The average molecular weight is 531 g/mol. The van der Waals surface area contributed by atoms with Crippen molar-refractivity contribution in [3.63, 3.8) is 0 Å². The number of likely N-dealkylation sites (N-methyl/N-ethyl adjacent to an activating group) is 1. The highest BCUT2D eigenvalue weighted by Crippen LogP contribution is 2.19. The monoisotopic (exact) mass is 530 g/mol. The molecule has 1 heterocycles. The maximum absolute atomic E-state index is 13.5. The first kappa shape index (κ1) is 25.6. The van der Waals surface area contributed by atoms with Crippen molar-refractivity contribution >= 4 is 44.5 Å². The lowest BCUT2D eigenvalue weighted by atomic mass is 10.1. The molecule has 2 aromatic carbocycles. The third-order valence-electron chi connectivity index (χ3n) is 5.57. The topological polar surface area (TPSA) is 97.5 Å². The Labute approximate surface area is 206 Å². The third-order valence-corrected chi connectivity index (χ3v) is 6.34. The van der Waals surface area contributed by atoms with Gasteiger partial charge in [0, 0.05) is 29.5 Å². The number of amides is 2. The molecule has 0 bridgehead atoms. The van der Waals surface area contributed by atoms with Gasteiger partial charge in [-0.25, -0.2) is 14.2 Å². The van der Waals surface area contributed by atoms with Gasteiger partial charge in [-0.3, -0.25) is 10.1 Å². The van der Waals surface area contributed by atoms with E-state index in [4.69, 9.17) is 10.5 Å². The number of carbonyl (C=O) groups is 2. The van der Waals surface area contributed by atoms with Gasteiger partial charge in [0.2, 0.25) is 5.91 Å². The number of benzene rings is 2. The van der Waals surface area contributed by atoms with E-state index in [1.807, 2.05) is 24.3 Å². The van der Waals surface area contributed by atoms with Crippen LogP contribution in [0.1, 0.15) is 24.8 Å². The highest BCUT2D eigenvalue weighted by Gasteiger charge is 2.21. The maximum atomic E-state index is 13.5. The van der Waals surface area contributed by atoms with Gasteiger partial charge in [0.25, 0.3) is 0 Å². The van der Waals surface area contributed by atoms with Gasteiger partial charge in [-0.15, -0.1) is 0 Å². The minimum Gasteiger partial charge on any atom is -0.447 e. The molecule has 0 fully saturated rings. The molecule has 7 nitrogen and oxygen atoms in total. The molecule has 3 aromatic rings. The number of aromatic nitrogens is 1. The van der Waals surface area contributed by atoms with E-state index in [-0.39, 0.29) is 30.2 Å². The number of carbonyl (C=O) groups excluding carboxylic acids is 2. The molecule has 0 aliphatic carbocycles. The number of nitrogens with zero attached hydrogens (tertiary/aromatic N) is 2. The second kappa shape index (κ2) is 12.4. The van der Waals surface area contributed by atoms with Crippen LogP contribution in [-0.2, 0) is 16.0 Å². The van der Waals surface area contributed by atoms with Crippen LogP contribution >= 0.6 is 15.9 Å². The van der Waals surface area contributed by atoms with Crippen LogP contribution in [0.25, 0.3) is 10.8 Å². The van der Waals surface area contributed by atoms with Crippen molar-refractivity contribution in [1.82, 2.24) is 9.88 Å². The molecule has 0 spiro atoms. The molecule has 0 aliphatic rings. The number of ether oxygens (including phenoxy) is 1. The quantitative estimate of drug-likeness (QED) is 0.389. The fraction of sp³-hybridized carbons (Fsp3) is 0.320. The number of halogens is 2. The van der Waals surface area contributed by atoms with E-state index in [0.29, 0.717) is 37.6 Å². The van der Waals surface area contributed by atoms with Crippen LogP contribution in [0.2, 0.25) is 0 Å². The van der Waals surface area contributed by atoms with Crippen LogP contribution in [-0.4, -0.2) is 48.1 Å². The molecule has 0 unspecified atom stereocenters. The number of nitrogens with two attached hydrogens (primary N) is 1. The minimum atomic E-state index is -0.699. The van der Waals surface area contributed by atoms with Crippen molar-refractivity contribution in [3.8, 4) is 0 Å². The van der Waals surface area contributed by atoms with Crippen LogP contribution in [0.3, 0.4) is 0 Å². The van der Waals surface area contributed by atoms with Crippen LogP contribution < -0.4 is 11.1 Å². The molecule has 180 valence electrons. The molecule has 0 radical (unpaired) electrons. The van der Waals surface area contributed by atoms with Crippen molar-refractivity contribution in [2.75, 3.05) is 25.5 Å². The number of fused-ring (bicyclic) bond motifs is 1. The fourth-order valence-corrected chi connectivity index (χ4v) is 4.04. The molecule has 3 rings (SSSR count). The summed E-state index contributed by atoms with van der Waals surface area (Å²) in [6, 6.07) is 13.4. The summed E-state index contributed by atoms with van der Waals surface area (Å²) in [5.74, 6) is -0.165. The summed E-state index contributed by atoms with van der Waals surface area (Å²) >= 11 is 3.50. The van der Waals surface area contributed by atoms with E-state index in [0.717, 1.165) is 15.4 Å². The van der Waals surface area contributed by atoms with Gasteiger partial charge in [-0.05, 0) is 67.1 Å². The highest BCUT2D eigenvalue weighted by molar-refractivity contribution is 9.10. The zero-order chi connectivity index (χ0) is 24.5. The van der Waals surface area contributed by atoms with E-state index >= 15 is 0 Å². The number of aryl methyl sites for hydroxylation is 1. The maximum Gasteiger partial charge on any atom is 0.412 e. The number of nitrogens with one attached hydrogen (secondary N) is 1. The highest BCUT2D eigenvalue weighted by atomic mass is 79.9. The second-order valence-electron chi connectivity index (χ2n) is 7.97. The number of hydrogen-bond acceptors (Lipinski definition) is 5. The molecular formula is C25H28BrFN4O3. The summed E-state index contributed by atoms with van der Waals surface area (Å²) in [7, 11) is 1.71. The Morgan fingerprint density at radius 3 is 2.76 bits per heavy atom. The molecule has 3 N–H and O–H groups in total. The number of hydrogen-bond donors (Lipinski definition) is 2. The van der Waals surface area contributed by atoms with Crippen LogP contribution in [0.15, 0.2) is 59.2 Å². The summed E-state index contributed by atoms with van der Waals surface area (Å²) in [4.78, 5) is 30.9. The molecule has 34 heavy (non-hydrogen) atoms. The minimum absolute atomic E-state index is 0.0192. The predicted molar refractivity (Wildman–Crippen MR) is 134 cm³/mol. The smallest absolute Gasteiger partial charge is 0.412 e. The first-order valence-corrected chi connectivity index (χ1v) is 11.8. The van der Waals surface area contributed by atoms with Crippen LogP contribution in [0, 0.1) is 5.82 Å². The molecule has 1 atom stereocenters. The Balaban J connectivity index is 1.56. The Bertz CT molecular complexity index is 1140. The predicted octanol–water partition coefficient (Wildman–Crippen LogP) is 4.88. The molecular weight excluding hydrogens is 503 g/mol. The summed E-state index contributed by atoms with van der Waals surface area (Å²) in [6.45, 7) is 0.491. The molecule has 1 aromatic heterocycles. The van der Waals surface area contributed by atoms with E-state index in [1.165, 1.54) is 12.1 Å². The SMILES string of the molecule is CN(C(=O)CCc1ccccc1Br)[C@@H](CCCN)COC(=O)Nc1cc2cc(F)ccc2cn1.